The Morgan fingerprint density at radius 3 is 1.69 bits per heavy atom. The highest BCUT2D eigenvalue weighted by Crippen LogP contribution is 2.48. The molecule has 0 radical (unpaired) electrons. The van der Waals surface area contributed by atoms with Gasteiger partial charge in [0.05, 0.1) is 24.7 Å². The minimum atomic E-state index is -0.649. The van der Waals surface area contributed by atoms with Crippen molar-refractivity contribution < 1.29 is 29.1 Å². The van der Waals surface area contributed by atoms with Crippen molar-refractivity contribution in [3.8, 4) is 44.5 Å². The van der Waals surface area contributed by atoms with Crippen LogP contribution in [0.5, 0.6) is 0 Å². The van der Waals surface area contributed by atoms with Crippen LogP contribution in [0.4, 0.5) is 0 Å². The summed E-state index contributed by atoms with van der Waals surface area (Å²) in [4.78, 5) is 0. The molecule has 0 aliphatic rings. The third kappa shape index (κ3) is 4.33. The van der Waals surface area contributed by atoms with Gasteiger partial charge in [0.25, 0.3) is 0 Å². The number of furan rings is 1. The maximum absolute atomic E-state index is 9.53. The fourth-order valence-corrected chi connectivity index (χ4v) is 6.83. The lowest BCUT2D eigenvalue weighted by Gasteiger charge is -2.19. The van der Waals surface area contributed by atoms with Crippen molar-refractivity contribution in [3.05, 3.63) is 182 Å². The normalized spacial score (nSPS) is 16.8. The van der Waals surface area contributed by atoms with Crippen LogP contribution in [-0.4, -0.2) is 0 Å². The van der Waals surface area contributed by atoms with Gasteiger partial charge in [-0.3, -0.25) is 0 Å². The van der Waals surface area contributed by atoms with E-state index >= 15 is 0 Å². The second kappa shape index (κ2) is 11.1. The molecular weight excluding hydrogens is 593 g/mol. The Morgan fingerprint density at radius 2 is 1.00 bits per heavy atom. The van der Waals surface area contributed by atoms with Crippen LogP contribution >= 0.6 is 0 Å². The lowest BCUT2D eigenvalue weighted by molar-refractivity contribution is 0.673. The highest BCUT2D eigenvalue weighted by Gasteiger charge is 2.21. The summed E-state index contributed by atoms with van der Waals surface area (Å²) in [7, 11) is 0. The maximum atomic E-state index is 9.53. The zero-order chi connectivity index (χ0) is 48.0. The van der Waals surface area contributed by atoms with Gasteiger partial charge in [0, 0.05) is 16.2 Å². The first-order valence-corrected chi connectivity index (χ1v) is 15.4. The summed E-state index contributed by atoms with van der Waals surface area (Å²) in [5.74, 6) is 0. The van der Waals surface area contributed by atoms with Crippen LogP contribution in [0.1, 0.15) is 24.7 Å². The minimum Gasteiger partial charge on any atom is -0.455 e. The summed E-state index contributed by atoms with van der Waals surface area (Å²) in [6, 6.07) is 10.8. The molecule has 10 rings (SSSR count). The number of hydrogen-bond acceptors (Lipinski definition) is 1. The van der Waals surface area contributed by atoms with Crippen molar-refractivity contribution >= 4 is 54.3 Å². The van der Waals surface area contributed by atoms with Crippen LogP contribution in [0, 0.1) is 0 Å². The van der Waals surface area contributed by atoms with E-state index in [0.717, 1.165) is 0 Å². The number of hydrogen-bond donors (Lipinski definition) is 0. The van der Waals surface area contributed by atoms with E-state index in [4.69, 9.17) is 26.3 Å². The molecule has 10 aromatic rings. The molecule has 0 fully saturated rings. The molecule has 9 aromatic carbocycles. The SMILES string of the molecule is [2H]c1c([2H])c([2H])c(-c2ccc(-c3c4ccccc4c(-c4c([2H])c([2H])c([2H])c5oc6c7c([2H])c([2H])c([2H])c([2H])c7cc([2H])c6c45)c4ccccc34)cc2-c2c([2H])c([2H])c([2H])c([2H])c2[2H])c([2H])c1[2H]. The molecule has 0 atom stereocenters. The summed E-state index contributed by atoms with van der Waals surface area (Å²) in [6.45, 7) is 0. The molecule has 1 heteroatoms. The fourth-order valence-electron chi connectivity index (χ4n) is 6.83. The molecule has 1 nitrogen and oxygen atoms in total. The average Bonchev–Trinajstić information content (AvgIpc) is 3.73. The molecule has 0 saturated heterocycles. The van der Waals surface area contributed by atoms with Crippen molar-refractivity contribution in [1.29, 1.82) is 0 Å². The molecule has 0 unspecified atom stereocenters. The second-order valence-corrected chi connectivity index (χ2v) is 11.4. The molecule has 49 heavy (non-hydrogen) atoms. The zero-order valence-electron chi connectivity index (χ0n) is 43.3. The quantitative estimate of drug-likeness (QED) is 0.174. The Hall–Kier alpha value is -6.44. The highest BCUT2D eigenvalue weighted by molar-refractivity contribution is 6.27. The summed E-state index contributed by atoms with van der Waals surface area (Å²) in [5.41, 5.74) is 0.747. The van der Waals surface area contributed by atoms with Gasteiger partial charge in [-0.15, -0.1) is 0 Å². The van der Waals surface area contributed by atoms with E-state index in [1.807, 2.05) is 12.1 Å². The molecule has 0 aliphatic carbocycles. The Bertz CT molecular complexity index is 3800. The van der Waals surface area contributed by atoms with Crippen molar-refractivity contribution in [1.82, 2.24) is 0 Å². The van der Waals surface area contributed by atoms with Gasteiger partial charge >= 0.3 is 0 Å². The molecule has 228 valence electrons. The van der Waals surface area contributed by atoms with Gasteiger partial charge in [0.1, 0.15) is 11.2 Å². The monoisotopic (exact) mass is 640 g/mol. The summed E-state index contributed by atoms with van der Waals surface area (Å²) >= 11 is 0. The molecule has 0 bridgehead atoms. The summed E-state index contributed by atoms with van der Waals surface area (Å²) < 4.78 is 164. The van der Waals surface area contributed by atoms with E-state index in [9.17, 15) is 2.74 Å². The third-order valence-corrected chi connectivity index (χ3v) is 8.85. The van der Waals surface area contributed by atoms with Gasteiger partial charge in [-0.05, 0) is 89.6 Å². The van der Waals surface area contributed by atoms with E-state index in [2.05, 4.69) is 0 Å². The molecule has 0 N–H and O–H groups in total. The van der Waals surface area contributed by atoms with Crippen LogP contribution in [0.2, 0.25) is 0 Å². The van der Waals surface area contributed by atoms with Gasteiger partial charge < -0.3 is 4.42 Å². The molecule has 1 aromatic heterocycles. The predicted octanol–water partition coefficient (Wildman–Crippen LogP) is 13.7. The Morgan fingerprint density at radius 1 is 0.388 bits per heavy atom. The van der Waals surface area contributed by atoms with E-state index in [0.29, 0.717) is 38.2 Å². The first kappa shape index (κ1) is 15.2. The van der Waals surface area contributed by atoms with Crippen molar-refractivity contribution in [3.63, 3.8) is 0 Å². The van der Waals surface area contributed by atoms with E-state index in [-0.39, 0.29) is 78.7 Å². The van der Waals surface area contributed by atoms with E-state index in [1.54, 1.807) is 48.5 Å². The van der Waals surface area contributed by atoms with E-state index in [1.165, 1.54) is 12.1 Å². The van der Waals surface area contributed by atoms with Crippen molar-refractivity contribution in [2.24, 2.45) is 0 Å². The van der Waals surface area contributed by atoms with Gasteiger partial charge in [0.2, 0.25) is 0 Å². The molecule has 1 heterocycles. The number of benzene rings is 9. The minimum absolute atomic E-state index is 0.0108. The zero-order valence-corrected chi connectivity index (χ0v) is 25.3. The third-order valence-electron chi connectivity index (χ3n) is 8.85. The average molecular weight is 641 g/mol. The first-order chi connectivity index (χ1) is 31.8. The molecule has 0 saturated carbocycles. The van der Waals surface area contributed by atoms with Crippen LogP contribution in [-0.2, 0) is 0 Å². The topological polar surface area (TPSA) is 13.1 Å². The largest absolute Gasteiger partial charge is 0.455 e. The van der Waals surface area contributed by atoms with Crippen LogP contribution in [0.15, 0.2) is 186 Å². The molecule has 0 aliphatic heterocycles. The summed E-state index contributed by atoms with van der Waals surface area (Å²) in [6.07, 6.45) is 0. The highest BCUT2D eigenvalue weighted by atomic mass is 16.3. The standard InChI is InChI=1S/C48H30O/c1-3-14-31(15-4-1)35-28-27-34(30-43(35)32-16-5-2-6-17-32)45-37-20-9-11-22-39(37)46(40-23-12-10-21-38(40)45)41-24-13-25-44-47(41)42-29-26-33-18-7-8-19-36(33)48(42)49-44/h1-30H/i1D,2D,3D,4D,5D,6D,7D,8D,13D,14D,15D,16D,17D,18D,19D,24D,25D,29D. The smallest absolute Gasteiger partial charge is 0.143 e. The maximum Gasteiger partial charge on any atom is 0.143 e. The molecule has 0 spiro atoms. The predicted molar refractivity (Wildman–Crippen MR) is 208 cm³/mol. The van der Waals surface area contributed by atoms with Gasteiger partial charge in [-0.25, -0.2) is 0 Å². The molecular formula is C48H30O. The second-order valence-electron chi connectivity index (χ2n) is 11.4. The Labute approximate surface area is 309 Å². The lowest BCUT2D eigenvalue weighted by Crippen LogP contribution is -1.92. The van der Waals surface area contributed by atoms with Gasteiger partial charge in [0.15, 0.2) is 0 Å². The van der Waals surface area contributed by atoms with Crippen LogP contribution in [0.25, 0.3) is 98.8 Å². The lowest BCUT2D eigenvalue weighted by atomic mass is 9.83. The van der Waals surface area contributed by atoms with Crippen molar-refractivity contribution in [2.45, 2.75) is 0 Å². The number of fused-ring (bicyclic) bond motifs is 7. The number of rotatable bonds is 4. The molecule has 0 amide bonds. The van der Waals surface area contributed by atoms with Crippen molar-refractivity contribution in [2.75, 3.05) is 0 Å². The Kier molecular flexibility index (Phi) is 3.43. The first-order valence-electron chi connectivity index (χ1n) is 24.4. The van der Waals surface area contributed by atoms with E-state index < -0.39 is 90.6 Å². The van der Waals surface area contributed by atoms with Gasteiger partial charge in [-0.2, -0.15) is 0 Å². The summed E-state index contributed by atoms with van der Waals surface area (Å²) in [5, 5.41) is 2.36. The van der Waals surface area contributed by atoms with Gasteiger partial charge in [-0.1, -0.05) is 163 Å². The van der Waals surface area contributed by atoms with Crippen LogP contribution in [0.3, 0.4) is 0 Å². The fraction of sp³-hybridized carbons (Fsp3) is 0. The Balaban J connectivity index is 1.36. The van der Waals surface area contributed by atoms with Crippen LogP contribution < -0.4 is 0 Å².